The average molecular weight is 496 g/mol. The molecule has 2 aromatic heterocycles. The molecule has 186 valence electrons. The molecule has 1 fully saturated rings. The van der Waals surface area contributed by atoms with Gasteiger partial charge >= 0.3 is 5.97 Å². The Morgan fingerprint density at radius 3 is 2.59 bits per heavy atom. The fraction of sp³-hybridized carbons (Fsp3) is 0.207. The van der Waals surface area contributed by atoms with Crippen molar-refractivity contribution in [1.29, 1.82) is 0 Å². The van der Waals surface area contributed by atoms with Crippen molar-refractivity contribution in [3.05, 3.63) is 95.8 Å². The lowest BCUT2D eigenvalue weighted by atomic mass is 9.79. The van der Waals surface area contributed by atoms with Crippen molar-refractivity contribution in [3.63, 3.8) is 0 Å². The Morgan fingerprint density at radius 2 is 1.84 bits per heavy atom. The molecule has 0 spiro atoms. The van der Waals surface area contributed by atoms with E-state index in [2.05, 4.69) is 0 Å². The summed E-state index contributed by atoms with van der Waals surface area (Å²) in [5.41, 5.74) is 8.49. The summed E-state index contributed by atoms with van der Waals surface area (Å²) in [6.07, 6.45) is 7.82. The van der Waals surface area contributed by atoms with Crippen LogP contribution in [0.15, 0.2) is 92.7 Å². The van der Waals surface area contributed by atoms with Gasteiger partial charge in [-0.3, -0.25) is 4.79 Å². The van der Waals surface area contributed by atoms with E-state index < -0.39 is 24.5 Å². The van der Waals surface area contributed by atoms with Gasteiger partial charge < -0.3 is 19.3 Å². The molecule has 3 heterocycles. The van der Waals surface area contributed by atoms with E-state index in [4.69, 9.17) is 24.4 Å². The molecule has 2 N–H and O–H groups in total. The highest BCUT2D eigenvalue weighted by Gasteiger charge is 2.45. The van der Waals surface area contributed by atoms with Gasteiger partial charge in [-0.15, -0.1) is 0 Å². The molecule has 2 aromatic carbocycles. The Labute approximate surface area is 213 Å². The van der Waals surface area contributed by atoms with Crippen LogP contribution in [0.5, 0.6) is 0 Å². The van der Waals surface area contributed by atoms with Crippen LogP contribution in [-0.4, -0.2) is 29.2 Å². The molecule has 6 rings (SSSR count). The first-order valence-electron chi connectivity index (χ1n) is 12.2. The second-order valence-corrected chi connectivity index (χ2v) is 9.23. The zero-order valence-electron chi connectivity index (χ0n) is 20.0. The maximum atomic E-state index is 13.4. The van der Waals surface area contributed by atoms with Gasteiger partial charge in [0.1, 0.15) is 17.6 Å². The van der Waals surface area contributed by atoms with Crippen molar-refractivity contribution in [2.45, 2.75) is 25.3 Å². The number of carbonyl (C=O) groups is 2. The molecule has 1 saturated carbocycles. The van der Waals surface area contributed by atoms with Gasteiger partial charge in [-0.05, 0) is 78.1 Å². The van der Waals surface area contributed by atoms with Crippen LogP contribution >= 0.6 is 0 Å². The van der Waals surface area contributed by atoms with Gasteiger partial charge in [-0.2, -0.15) is 5.10 Å². The van der Waals surface area contributed by atoms with E-state index >= 15 is 0 Å². The minimum Gasteiger partial charge on any atom is -0.467 e. The summed E-state index contributed by atoms with van der Waals surface area (Å²) in [4.78, 5) is 26.3. The standard InChI is InChI=1S/C29H25N3O5/c30-24-16-19-7-2-1-6-18(19)15-23(24)29(34)37-17-26(33)32-28(25-11-5-13-36-25)22-10-3-8-20(27(22)31-32)14-21-9-4-12-35-21/h1-2,4-7,9,11-16,22,28H,3,8,10,17,30H2. The lowest BCUT2D eigenvalue weighted by molar-refractivity contribution is -0.137. The minimum absolute atomic E-state index is 0.0307. The average Bonchev–Trinajstić information content (AvgIpc) is 3.68. The van der Waals surface area contributed by atoms with Gasteiger partial charge in [0.15, 0.2) is 6.61 Å². The normalized spacial score (nSPS) is 20.2. The van der Waals surface area contributed by atoms with Crippen molar-refractivity contribution < 1.29 is 23.2 Å². The van der Waals surface area contributed by atoms with Crippen LogP contribution < -0.4 is 5.73 Å². The van der Waals surface area contributed by atoms with Crippen molar-refractivity contribution in [1.82, 2.24) is 5.01 Å². The summed E-state index contributed by atoms with van der Waals surface area (Å²) in [6, 6.07) is 17.9. The number of benzene rings is 2. The summed E-state index contributed by atoms with van der Waals surface area (Å²) in [7, 11) is 0. The molecule has 2 unspecified atom stereocenters. The highest BCUT2D eigenvalue weighted by molar-refractivity contribution is 6.08. The number of furan rings is 2. The number of fused-ring (bicyclic) bond motifs is 2. The second kappa shape index (κ2) is 9.46. The maximum absolute atomic E-state index is 13.4. The van der Waals surface area contributed by atoms with E-state index in [0.717, 1.165) is 47.1 Å². The van der Waals surface area contributed by atoms with E-state index in [0.29, 0.717) is 11.4 Å². The first-order valence-corrected chi connectivity index (χ1v) is 12.2. The number of rotatable bonds is 5. The topological polar surface area (TPSA) is 111 Å². The van der Waals surface area contributed by atoms with Crippen LogP contribution in [-0.2, 0) is 9.53 Å². The van der Waals surface area contributed by atoms with Crippen LogP contribution in [0.1, 0.15) is 47.2 Å². The highest BCUT2D eigenvalue weighted by Crippen LogP contribution is 2.44. The number of amides is 1. The molecule has 1 amide bonds. The van der Waals surface area contributed by atoms with Gasteiger partial charge in [-0.25, -0.2) is 9.80 Å². The van der Waals surface area contributed by atoms with Gasteiger partial charge in [0.25, 0.3) is 5.91 Å². The molecule has 37 heavy (non-hydrogen) atoms. The molecule has 0 bridgehead atoms. The van der Waals surface area contributed by atoms with Crippen LogP contribution in [0.4, 0.5) is 5.69 Å². The number of hydrazone groups is 1. The van der Waals surface area contributed by atoms with Crippen LogP contribution in [0.3, 0.4) is 0 Å². The summed E-state index contributed by atoms with van der Waals surface area (Å²) in [5.74, 6) is 0.250. The zero-order valence-corrected chi connectivity index (χ0v) is 20.0. The summed E-state index contributed by atoms with van der Waals surface area (Å²) >= 11 is 0. The number of hydrogen-bond donors (Lipinski definition) is 1. The molecule has 1 aliphatic carbocycles. The monoisotopic (exact) mass is 495 g/mol. The highest BCUT2D eigenvalue weighted by atomic mass is 16.5. The number of ether oxygens (including phenoxy) is 1. The quantitative estimate of drug-likeness (QED) is 0.285. The smallest absolute Gasteiger partial charge is 0.340 e. The maximum Gasteiger partial charge on any atom is 0.340 e. The number of nitrogens with two attached hydrogens (primary N) is 1. The van der Waals surface area contributed by atoms with Crippen LogP contribution in [0, 0.1) is 5.92 Å². The Hall–Kier alpha value is -4.59. The molecular weight excluding hydrogens is 470 g/mol. The van der Waals surface area contributed by atoms with Crippen LogP contribution in [0.25, 0.3) is 16.8 Å². The number of nitrogen functional groups attached to an aromatic ring is 1. The molecule has 8 nitrogen and oxygen atoms in total. The third-order valence-electron chi connectivity index (χ3n) is 6.92. The second-order valence-electron chi connectivity index (χ2n) is 9.23. The first-order chi connectivity index (χ1) is 18.1. The molecule has 8 heteroatoms. The molecule has 0 radical (unpaired) electrons. The zero-order chi connectivity index (χ0) is 25.4. The Morgan fingerprint density at radius 1 is 1.05 bits per heavy atom. The van der Waals surface area contributed by atoms with E-state index in [1.165, 1.54) is 5.01 Å². The number of nitrogens with zero attached hydrogens (tertiary/aromatic N) is 2. The van der Waals surface area contributed by atoms with Crippen molar-refractivity contribution in [2.75, 3.05) is 12.3 Å². The molecule has 1 aliphatic heterocycles. The van der Waals surface area contributed by atoms with E-state index in [1.807, 2.05) is 48.5 Å². The fourth-order valence-electron chi connectivity index (χ4n) is 5.20. The Kier molecular flexibility index (Phi) is 5.84. The number of carbonyl (C=O) groups excluding carboxylic acids is 2. The lowest BCUT2D eigenvalue weighted by Gasteiger charge is -2.27. The number of allylic oxidation sites excluding steroid dienone is 1. The van der Waals surface area contributed by atoms with Crippen molar-refractivity contribution >= 4 is 40.1 Å². The summed E-state index contributed by atoms with van der Waals surface area (Å²) in [5, 5.41) is 7.91. The van der Waals surface area contributed by atoms with Gasteiger partial charge in [0, 0.05) is 11.6 Å². The molecular formula is C29H25N3O5. The molecule has 2 aliphatic rings. The SMILES string of the molecule is Nc1cc2ccccc2cc1C(=O)OCC(=O)N1N=C2C(=Cc3ccco3)CCCC2C1c1ccco1. The number of esters is 1. The molecule has 4 aromatic rings. The Bertz CT molecular complexity index is 1520. The number of anilines is 1. The van der Waals surface area contributed by atoms with Crippen molar-refractivity contribution in [3.8, 4) is 0 Å². The minimum atomic E-state index is -0.658. The van der Waals surface area contributed by atoms with E-state index in [-0.39, 0.29) is 11.5 Å². The first kappa shape index (κ1) is 22.8. The van der Waals surface area contributed by atoms with Crippen LogP contribution in [0.2, 0.25) is 0 Å². The predicted octanol–water partition coefficient (Wildman–Crippen LogP) is 5.59. The third-order valence-corrected chi connectivity index (χ3v) is 6.92. The predicted molar refractivity (Wildman–Crippen MR) is 138 cm³/mol. The Balaban J connectivity index is 1.25. The lowest BCUT2D eigenvalue weighted by Crippen LogP contribution is -2.34. The molecule has 0 saturated heterocycles. The van der Waals surface area contributed by atoms with Gasteiger partial charge in [0.2, 0.25) is 0 Å². The third kappa shape index (κ3) is 4.31. The van der Waals surface area contributed by atoms with E-state index in [1.54, 1.807) is 30.7 Å². The summed E-state index contributed by atoms with van der Waals surface area (Å²) < 4.78 is 16.6. The molecule has 2 atom stereocenters. The van der Waals surface area contributed by atoms with Gasteiger partial charge in [-0.1, -0.05) is 24.3 Å². The van der Waals surface area contributed by atoms with Crippen molar-refractivity contribution in [2.24, 2.45) is 11.0 Å². The fourth-order valence-corrected chi connectivity index (χ4v) is 5.20. The van der Waals surface area contributed by atoms with E-state index in [9.17, 15) is 9.59 Å². The largest absolute Gasteiger partial charge is 0.467 e. The summed E-state index contributed by atoms with van der Waals surface area (Å²) in [6.45, 7) is -0.469. The van der Waals surface area contributed by atoms with Gasteiger partial charge in [0.05, 0.1) is 23.8 Å². The number of hydrogen-bond acceptors (Lipinski definition) is 7.